The van der Waals surface area contributed by atoms with E-state index in [0.717, 1.165) is 22.4 Å². The number of amides is 1. The maximum atomic E-state index is 14.4. The van der Waals surface area contributed by atoms with Crippen LogP contribution >= 0.6 is 0 Å². The first kappa shape index (κ1) is 20.6. The average molecular weight is 434 g/mol. The fourth-order valence-electron chi connectivity index (χ4n) is 5.32. The monoisotopic (exact) mass is 434 g/mol. The van der Waals surface area contributed by atoms with Crippen LogP contribution < -0.4 is 4.90 Å². The van der Waals surface area contributed by atoms with E-state index in [1.807, 2.05) is 31.3 Å². The molecule has 6 heteroatoms. The zero-order valence-electron chi connectivity index (χ0n) is 17.7. The van der Waals surface area contributed by atoms with E-state index < -0.39 is 5.82 Å². The highest BCUT2D eigenvalue weighted by Crippen LogP contribution is 2.49. The van der Waals surface area contributed by atoms with Crippen LogP contribution in [0.2, 0.25) is 0 Å². The van der Waals surface area contributed by atoms with Crippen LogP contribution in [0.3, 0.4) is 0 Å². The summed E-state index contributed by atoms with van der Waals surface area (Å²) in [6, 6.07) is 17.9. The van der Waals surface area contributed by atoms with Gasteiger partial charge in [0.1, 0.15) is 11.6 Å². The minimum absolute atomic E-state index is 0.0102. The smallest absolute Gasteiger partial charge is 0.257 e. The number of carbonyl (C=O) groups is 1. The van der Waals surface area contributed by atoms with Crippen LogP contribution in [0.5, 0.6) is 0 Å². The van der Waals surface area contributed by atoms with Crippen LogP contribution in [0.1, 0.15) is 28.4 Å². The lowest BCUT2D eigenvalue weighted by Gasteiger charge is -2.44. The first-order valence-corrected chi connectivity index (χ1v) is 10.8. The summed E-state index contributed by atoms with van der Waals surface area (Å²) in [5.41, 5.74) is 3.50. The van der Waals surface area contributed by atoms with E-state index >= 15 is 0 Å². The van der Waals surface area contributed by atoms with Crippen molar-refractivity contribution in [2.24, 2.45) is 5.92 Å². The van der Waals surface area contributed by atoms with E-state index in [0.29, 0.717) is 13.0 Å². The molecule has 2 aliphatic heterocycles. The van der Waals surface area contributed by atoms with Crippen LogP contribution in [-0.4, -0.2) is 42.2 Å². The van der Waals surface area contributed by atoms with Crippen molar-refractivity contribution in [3.05, 3.63) is 89.5 Å². The molecule has 0 spiro atoms. The molecular formula is C26H24F2N2O2. The second-order valence-electron chi connectivity index (χ2n) is 8.52. The van der Waals surface area contributed by atoms with Crippen molar-refractivity contribution < 1.29 is 18.7 Å². The number of aliphatic hydroxyl groups excluding tert-OH is 1. The number of likely N-dealkylation sites (tertiary alicyclic amines) is 1. The number of hydrogen-bond acceptors (Lipinski definition) is 3. The summed E-state index contributed by atoms with van der Waals surface area (Å²) in [6.45, 7) is 0.445. The lowest BCUT2D eigenvalue weighted by atomic mass is 9.81. The molecule has 0 aliphatic carbocycles. The van der Waals surface area contributed by atoms with Crippen molar-refractivity contribution in [3.8, 4) is 11.1 Å². The second kappa shape index (κ2) is 8.02. The molecule has 1 fully saturated rings. The first-order chi connectivity index (χ1) is 15.5. The summed E-state index contributed by atoms with van der Waals surface area (Å²) in [4.78, 5) is 17.2. The summed E-state index contributed by atoms with van der Waals surface area (Å²) in [5, 5.41) is 10.1. The molecule has 2 heterocycles. The van der Waals surface area contributed by atoms with Gasteiger partial charge in [-0.25, -0.2) is 8.78 Å². The van der Waals surface area contributed by atoms with Crippen molar-refractivity contribution in [3.63, 3.8) is 0 Å². The fraction of sp³-hybridized carbons (Fsp3) is 0.269. The molecule has 0 bridgehead atoms. The molecule has 0 radical (unpaired) electrons. The summed E-state index contributed by atoms with van der Waals surface area (Å²) in [7, 11) is 1.94. The van der Waals surface area contributed by atoms with Crippen molar-refractivity contribution in [1.29, 1.82) is 0 Å². The Labute approximate surface area is 185 Å². The Hall–Kier alpha value is -3.25. The van der Waals surface area contributed by atoms with Crippen molar-refractivity contribution in [1.82, 2.24) is 4.90 Å². The van der Waals surface area contributed by atoms with Gasteiger partial charge in [-0.2, -0.15) is 0 Å². The highest BCUT2D eigenvalue weighted by molar-refractivity contribution is 5.95. The van der Waals surface area contributed by atoms with Gasteiger partial charge in [-0.1, -0.05) is 30.3 Å². The molecular weight excluding hydrogens is 410 g/mol. The zero-order valence-corrected chi connectivity index (χ0v) is 17.7. The minimum atomic E-state index is -0.540. The van der Waals surface area contributed by atoms with Gasteiger partial charge in [0, 0.05) is 25.2 Å². The van der Waals surface area contributed by atoms with E-state index in [9.17, 15) is 18.7 Å². The summed E-state index contributed by atoms with van der Waals surface area (Å²) < 4.78 is 28.2. The van der Waals surface area contributed by atoms with Gasteiger partial charge in [0.15, 0.2) is 0 Å². The molecule has 3 aromatic carbocycles. The molecule has 32 heavy (non-hydrogen) atoms. The highest BCUT2D eigenvalue weighted by atomic mass is 19.1. The van der Waals surface area contributed by atoms with Gasteiger partial charge < -0.3 is 14.9 Å². The van der Waals surface area contributed by atoms with Crippen LogP contribution in [0.15, 0.2) is 66.7 Å². The van der Waals surface area contributed by atoms with Crippen LogP contribution in [0, 0.1) is 17.6 Å². The zero-order chi connectivity index (χ0) is 22.4. The number of benzene rings is 3. The molecule has 0 saturated carbocycles. The number of fused-ring (bicyclic) bond motifs is 3. The molecule has 3 aromatic rings. The standard InChI is InChI=1S/C26H24F2N2O2/c1-29-23-10-9-17(16-5-4-6-18(27)13-16)14-21(23)25-20(24(29)15-31)11-12-30(25)26(32)19-7-2-3-8-22(19)28/h2-10,13-14,20,24-25,31H,11-12,15H2,1H3/t20-,24-,25-/m0/s1. The third-order valence-corrected chi connectivity index (χ3v) is 6.87. The quantitative estimate of drug-likeness (QED) is 0.653. The average Bonchev–Trinajstić information content (AvgIpc) is 3.24. The van der Waals surface area contributed by atoms with Crippen LogP contribution in [0.25, 0.3) is 11.1 Å². The Balaban J connectivity index is 1.62. The number of likely N-dealkylation sites (N-methyl/N-ethyl adjacent to an activating group) is 1. The molecule has 3 atom stereocenters. The van der Waals surface area contributed by atoms with Gasteiger partial charge in [-0.3, -0.25) is 4.79 Å². The van der Waals surface area contributed by atoms with E-state index in [1.165, 1.54) is 24.3 Å². The molecule has 1 N–H and O–H groups in total. The molecule has 1 amide bonds. The first-order valence-electron chi connectivity index (χ1n) is 10.8. The van der Waals surface area contributed by atoms with Gasteiger partial charge in [-0.05, 0) is 59.5 Å². The van der Waals surface area contributed by atoms with E-state index in [1.54, 1.807) is 23.1 Å². The molecule has 1 saturated heterocycles. The number of nitrogens with zero attached hydrogens (tertiary/aromatic N) is 2. The Morgan fingerprint density at radius 3 is 2.56 bits per heavy atom. The minimum Gasteiger partial charge on any atom is -0.394 e. The molecule has 0 unspecified atom stereocenters. The van der Waals surface area contributed by atoms with Crippen molar-refractivity contribution >= 4 is 11.6 Å². The fourth-order valence-corrected chi connectivity index (χ4v) is 5.32. The van der Waals surface area contributed by atoms with Crippen molar-refractivity contribution in [2.45, 2.75) is 18.5 Å². The van der Waals surface area contributed by atoms with Gasteiger partial charge >= 0.3 is 0 Å². The van der Waals surface area contributed by atoms with Gasteiger partial charge in [0.05, 0.1) is 24.3 Å². The van der Waals surface area contributed by atoms with Crippen LogP contribution in [-0.2, 0) is 0 Å². The van der Waals surface area contributed by atoms with E-state index in [4.69, 9.17) is 0 Å². The van der Waals surface area contributed by atoms with Crippen LogP contribution in [0.4, 0.5) is 14.5 Å². The number of rotatable bonds is 3. The lowest BCUT2D eigenvalue weighted by Crippen LogP contribution is -2.48. The largest absolute Gasteiger partial charge is 0.394 e. The predicted molar refractivity (Wildman–Crippen MR) is 119 cm³/mol. The van der Waals surface area contributed by atoms with Gasteiger partial charge in [0.2, 0.25) is 0 Å². The summed E-state index contributed by atoms with van der Waals surface area (Å²) in [6.07, 6.45) is 0.712. The second-order valence-corrected chi connectivity index (χ2v) is 8.52. The summed E-state index contributed by atoms with van der Waals surface area (Å²) in [5.74, 6) is -1.19. The maximum Gasteiger partial charge on any atom is 0.257 e. The molecule has 0 aromatic heterocycles. The number of halogens is 2. The molecule has 164 valence electrons. The Bertz CT molecular complexity index is 1180. The Morgan fingerprint density at radius 2 is 1.81 bits per heavy atom. The third-order valence-electron chi connectivity index (χ3n) is 6.87. The number of carbonyl (C=O) groups excluding carboxylic acids is 1. The van der Waals surface area contributed by atoms with Gasteiger partial charge in [-0.15, -0.1) is 0 Å². The topological polar surface area (TPSA) is 43.8 Å². The highest BCUT2D eigenvalue weighted by Gasteiger charge is 2.48. The Kier molecular flexibility index (Phi) is 5.18. The van der Waals surface area contributed by atoms with E-state index in [-0.39, 0.29) is 41.9 Å². The Morgan fingerprint density at radius 1 is 1.03 bits per heavy atom. The number of hydrogen-bond donors (Lipinski definition) is 1. The van der Waals surface area contributed by atoms with E-state index in [2.05, 4.69) is 4.90 Å². The van der Waals surface area contributed by atoms with Gasteiger partial charge in [0.25, 0.3) is 5.91 Å². The summed E-state index contributed by atoms with van der Waals surface area (Å²) >= 11 is 0. The predicted octanol–water partition coefficient (Wildman–Crippen LogP) is 4.65. The van der Waals surface area contributed by atoms with Crippen molar-refractivity contribution in [2.75, 3.05) is 25.1 Å². The normalized spacial score (nSPS) is 21.9. The number of aliphatic hydroxyl groups is 1. The molecule has 5 rings (SSSR count). The molecule has 2 aliphatic rings. The lowest BCUT2D eigenvalue weighted by molar-refractivity contribution is 0.0689. The maximum absolute atomic E-state index is 14.4. The number of anilines is 1. The molecule has 4 nitrogen and oxygen atoms in total. The SMILES string of the molecule is CN1c2ccc(-c3cccc(F)c3)cc2[C@@H]2[C@@H](CCN2C(=O)c2ccccc2F)[C@@H]1CO. The third kappa shape index (κ3) is 3.26.